The van der Waals surface area contributed by atoms with Crippen LogP contribution in [0, 0.1) is 0 Å². The summed E-state index contributed by atoms with van der Waals surface area (Å²) in [5.41, 5.74) is 0.0266. The van der Waals surface area contributed by atoms with Gasteiger partial charge < -0.3 is 5.32 Å². The molecule has 1 aliphatic rings. The quantitative estimate of drug-likeness (QED) is 0.877. The van der Waals surface area contributed by atoms with E-state index in [2.05, 4.69) is 5.32 Å². The van der Waals surface area contributed by atoms with Crippen LogP contribution in [-0.2, 0) is 10.0 Å². The zero-order valence-corrected chi connectivity index (χ0v) is 13.6. The fourth-order valence-electron chi connectivity index (χ4n) is 2.40. The Bertz CT molecular complexity index is 656. The Labute approximate surface area is 133 Å². The van der Waals surface area contributed by atoms with E-state index in [0.717, 1.165) is 37.8 Å². The largest absolute Gasteiger partial charge is 0.349 e. The Kier molecular flexibility index (Phi) is 5.14. The lowest BCUT2D eigenvalue weighted by molar-refractivity contribution is 0.0927. The molecule has 0 atom stereocenters. The lowest BCUT2D eigenvalue weighted by Crippen LogP contribution is -2.36. The smallest absolute Gasteiger partial charge is 0.253 e. The second kappa shape index (κ2) is 6.52. The number of carbonyl (C=O) groups excluding carboxylic acids is 1. The van der Waals surface area contributed by atoms with E-state index in [-0.39, 0.29) is 26.5 Å². The number of rotatable bonds is 3. The van der Waals surface area contributed by atoms with Gasteiger partial charge in [-0.2, -0.15) is 0 Å². The predicted octanol–water partition coefficient (Wildman–Crippen LogP) is 2.70. The van der Waals surface area contributed by atoms with Crippen molar-refractivity contribution >= 4 is 39.1 Å². The average molecular weight is 351 g/mol. The van der Waals surface area contributed by atoms with Gasteiger partial charge in [0.1, 0.15) is 0 Å². The van der Waals surface area contributed by atoms with Gasteiger partial charge in [-0.25, -0.2) is 13.6 Å². The molecule has 0 aliphatic heterocycles. The molecule has 0 aromatic heterocycles. The first-order chi connectivity index (χ1) is 9.79. The minimum Gasteiger partial charge on any atom is -0.349 e. The Morgan fingerprint density at radius 3 is 2.38 bits per heavy atom. The molecule has 1 aromatic rings. The van der Waals surface area contributed by atoms with Crippen LogP contribution in [0.15, 0.2) is 17.0 Å². The van der Waals surface area contributed by atoms with Crippen LogP contribution in [0.4, 0.5) is 0 Å². The van der Waals surface area contributed by atoms with Gasteiger partial charge in [0.05, 0.1) is 20.5 Å². The third-order valence-corrected chi connectivity index (χ3v) is 5.21. The topological polar surface area (TPSA) is 89.3 Å². The molecule has 0 radical (unpaired) electrons. The highest BCUT2D eigenvalue weighted by Gasteiger charge is 2.22. The standard InChI is InChI=1S/C13H16Cl2N2O3S/c14-11-7-9(21(16,19)20)6-10(12(11)15)13(18)17-8-4-2-1-3-5-8/h6-8H,1-5H2,(H,17,18)(H2,16,19,20). The number of halogens is 2. The molecule has 0 unspecified atom stereocenters. The molecule has 3 N–H and O–H groups in total. The summed E-state index contributed by atoms with van der Waals surface area (Å²) in [4.78, 5) is 12.0. The van der Waals surface area contributed by atoms with Gasteiger partial charge in [0.15, 0.2) is 0 Å². The summed E-state index contributed by atoms with van der Waals surface area (Å²) in [6.45, 7) is 0. The normalized spacial score (nSPS) is 16.7. The van der Waals surface area contributed by atoms with Gasteiger partial charge in [-0.05, 0) is 25.0 Å². The molecule has 116 valence electrons. The van der Waals surface area contributed by atoms with Gasteiger partial charge in [0, 0.05) is 6.04 Å². The molecule has 1 aromatic carbocycles. The molecule has 1 amide bonds. The first-order valence-corrected chi connectivity index (χ1v) is 8.92. The number of hydrogen-bond acceptors (Lipinski definition) is 3. The fourth-order valence-corrected chi connectivity index (χ4v) is 3.45. The highest BCUT2D eigenvalue weighted by molar-refractivity contribution is 7.89. The number of amides is 1. The molecule has 1 saturated carbocycles. The van der Waals surface area contributed by atoms with Crippen LogP contribution in [0.2, 0.25) is 10.0 Å². The van der Waals surface area contributed by atoms with Gasteiger partial charge in [0.25, 0.3) is 5.91 Å². The Balaban J connectivity index is 2.29. The SMILES string of the molecule is NS(=O)(=O)c1cc(Cl)c(Cl)c(C(=O)NC2CCCCC2)c1. The summed E-state index contributed by atoms with van der Waals surface area (Å²) >= 11 is 11.9. The highest BCUT2D eigenvalue weighted by Crippen LogP contribution is 2.29. The van der Waals surface area contributed by atoms with Crippen LogP contribution in [0.5, 0.6) is 0 Å². The first kappa shape index (κ1) is 16.5. The molecule has 0 heterocycles. The second-order valence-corrected chi connectivity index (χ2v) is 7.47. The van der Waals surface area contributed by atoms with Gasteiger partial charge in [-0.15, -0.1) is 0 Å². The van der Waals surface area contributed by atoms with Gasteiger partial charge >= 0.3 is 0 Å². The van der Waals surface area contributed by atoms with E-state index in [9.17, 15) is 13.2 Å². The van der Waals surface area contributed by atoms with Crippen LogP contribution in [0.1, 0.15) is 42.5 Å². The number of hydrogen-bond donors (Lipinski definition) is 2. The number of sulfonamides is 1. The van der Waals surface area contributed by atoms with E-state index in [1.807, 2.05) is 0 Å². The summed E-state index contributed by atoms with van der Waals surface area (Å²) in [6.07, 6.45) is 5.12. The summed E-state index contributed by atoms with van der Waals surface area (Å²) < 4.78 is 22.8. The van der Waals surface area contributed by atoms with Crippen molar-refractivity contribution in [2.24, 2.45) is 5.14 Å². The van der Waals surface area contributed by atoms with Crippen molar-refractivity contribution in [3.05, 3.63) is 27.7 Å². The van der Waals surface area contributed by atoms with Crippen molar-refractivity contribution < 1.29 is 13.2 Å². The first-order valence-electron chi connectivity index (χ1n) is 6.62. The molecular weight excluding hydrogens is 335 g/mol. The van der Waals surface area contributed by atoms with E-state index in [1.54, 1.807) is 0 Å². The summed E-state index contributed by atoms with van der Waals surface area (Å²) in [5.74, 6) is -0.431. The van der Waals surface area contributed by atoms with Crippen molar-refractivity contribution in [3.8, 4) is 0 Å². The van der Waals surface area contributed by atoms with Crippen molar-refractivity contribution in [3.63, 3.8) is 0 Å². The lowest BCUT2D eigenvalue weighted by atomic mass is 9.95. The minimum absolute atomic E-state index is 0.0167. The molecule has 5 nitrogen and oxygen atoms in total. The third kappa shape index (κ3) is 4.10. The molecule has 21 heavy (non-hydrogen) atoms. The predicted molar refractivity (Wildman–Crippen MR) is 82.2 cm³/mol. The minimum atomic E-state index is -3.95. The number of benzene rings is 1. The van der Waals surface area contributed by atoms with E-state index >= 15 is 0 Å². The Morgan fingerprint density at radius 2 is 1.81 bits per heavy atom. The molecular formula is C13H16Cl2N2O3S. The zero-order valence-electron chi connectivity index (χ0n) is 11.2. The molecule has 0 spiro atoms. The highest BCUT2D eigenvalue weighted by atomic mass is 35.5. The molecule has 0 bridgehead atoms. The number of carbonyl (C=O) groups is 1. The second-order valence-electron chi connectivity index (χ2n) is 5.12. The molecule has 8 heteroatoms. The molecule has 0 saturated heterocycles. The molecule has 2 rings (SSSR count). The summed E-state index contributed by atoms with van der Waals surface area (Å²) in [7, 11) is -3.95. The Morgan fingerprint density at radius 1 is 1.19 bits per heavy atom. The molecule has 1 aliphatic carbocycles. The number of nitrogens with two attached hydrogens (primary N) is 1. The van der Waals surface area contributed by atoms with Crippen molar-refractivity contribution in [1.29, 1.82) is 0 Å². The maximum Gasteiger partial charge on any atom is 0.253 e. The molecule has 1 fully saturated rings. The van der Waals surface area contributed by atoms with Crippen molar-refractivity contribution in [1.82, 2.24) is 5.32 Å². The van der Waals surface area contributed by atoms with Crippen LogP contribution in [0.25, 0.3) is 0 Å². The van der Waals surface area contributed by atoms with E-state index in [0.29, 0.717) is 0 Å². The number of primary sulfonamides is 1. The van der Waals surface area contributed by atoms with Crippen LogP contribution in [-0.4, -0.2) is 20.4 Å². The van der Waals surface area contributed by atoms with Crippen molar-refractivity contribution in [2.45, 2.75) is 43.0 Å². The zero-order chi connectivity index (χ0) is 15.6. The van der Waals surface area contributed by atoms with Gasteiger partial charge in [-0.1, -0.05) is 42.5 Å². The average Bonchev–Trinajstić information content (AvgIpc) is 2.41. The van der Waals surface area contributed by atoms with Crippen LogP contribution in [0.3, 0.4) is 0 Å². The summed E-state index contributed by atoms with van der Waals surface area (Å²) in [5, 5.41) is 7.94. The van der Waals surface area contributed by atoms with E-state index in [1.165, 1.54) is 6.42 Å². The van der Waals surface area contributed by atoms with Crippen LogP contribution < -0.4 is 10.5 Å². The van der Waals surface area contributed by atoms with Crippen LogP contribution >= 0.6 is 23.2 Å². The van der Waals surface area contributed by atoms with E-state index in [4.69, 9.17) is 28.3 Å². The third-order valence-electron chi connectivity index (χ3n) is 3.52. The monoisotopic (exact) mass is 350 g/mol. The lowest BCUT2D eigenvalue weighted by Gasteiger charge is -2.23. The van der Waals surface area contributed by atoms with Crippen molar-refractivity contribution in [2.75, 3.05) is 0 Å². The fraction of sp³-hybridized carbons (Fsp3) is 0.462. The maximum absolute atomic E-state index is 12.3. The Hall–Kier alpha value is -0.820. The summed E-state index contributed by atoms with van der Waals surface area (Å²) in [6, 6.07) is 2.37. The van der Waals surface area contributed by atoms with Gasteiger partial charge in [0.2, 0.25) is 10.0 Å². The number of nitrogens with one attached hydrogen (secondary N) is 1. The maximum atomic E-state index is 12.3. The van der Waals surface area contributed by atoms with Gasteiger partial charge in [-0.3, -0.25) is 4.79 Å². The van der Waals surface area contributed by atoms with E-state index < -0.39 is 15.9 Å².